The van der Waals surface area contributed by atoms with Gasteiger partial charge in [0, 0.05) is 27.5 Å². The van der Waals surface area contributed by atoms with E-state index in [1.165, 1.54) is 0 Å². The van der Waals surface area contributed by atoms with Crippen molar-refractivity contribution in [2.45, 2.75) is 43.6 Å². The second-order valence-electron chi connectivity index (χ2n) is 5.05. The van der Waals surface area contributed by atoms with Crippen molar-refractivity contribution < 1.29 is 0 Å². The van der Waals surface area contributed by atoms with Crippen LogP contribution in [0.25, 0.3) is 0 Å². The molecule has 0 aromatic carbocycles. The Hall–Kier alpha value is -0.530. The highest BCUT2D eigenvalue weighted by atomic mass is 32.2. The molecule has 1 aromatic rings. The summed E-state index contributed by atoms with van der Waals surface area (Å²) in [7, 11) is 0. The third-order valence-corrected chi connectivity index (χ3v) is 6.95. The van der Waals surface area contributed by atoms with Gasteiger partial charge in [-0.3, -0.25) is 0 Å². The standard InChI is InChI=1S/C13H18N2S2/c1-8(12-15-5-6-16-12)11(7-14)9(2)13(4)10(3)17-13/h5-6,8-11H,1-4H3/t8?,9-,10?,11+,13+/m1/s1. The summed E-state index contributed by atoms with van der Waals surface area (Å²) in [6, 6.07) is 2.51. The quantitative estimate of drug-likeness (QED) is 0.775. The Labute approximate surface area is 111 Å². The number of nitriles is 1. The van der Waals surface area contributed by atoms with Gasteiger partial charge in [-0.15, -0.1) is 23.1 Å². The molecule has 0 radical (unpaired) electrons. The Morgan fingerprint density at radius 2 is 2.18 bits per heavy atom. The molecule has 1 saturated heterocycles. The molecule has 2 nitrogen and oxygen atoms in total. The van der Waals surface area contributed by atoms with Crippen LogP contribution in [0.1, 0.15) is 38.6 Å². The van der Waals surface area contributed by atoms with Crippen LogP contribution in [-0.4, -0.2) is 15.0 Å². The van der Waals surface area contributed by atoms with Crippen LogP contribution in [0.5, 0.6) is 0 Å². The summed E-state index contributed by atoms with van der Waals surface area (Å²) in [6.07, 6.45) is 1.83. The molecular formula is C13H18N2S2. The Morgan fingerprint density at radius 1 is 1.53 bits per heavy atom. The van der Waals surface area contributed by atoms with Crippen LogP contribution in [0.2, 0.25) is 0 Å². The number of thioether (sulfide) groups is 1. The van der Waals surface area contributed by atoms with E-state index in [4.69, 9.17) is 0 Å². The lowest BCUT2D eigenvalue weighted by atomic mass is 9.77. The van der Waals surface area contributed by atoms with Gasteiger partial charge in [0.05, 0.1) is 17.0 Å². The van der Waals surface area contributed by atoms with Gasteiger partial charge in [0.1, 0.15) is 0 Å². The zero-order chi connectivity index (χ0) is 12.6. The molecule has 0 spiro atoms. The highest BCUT2D eigenvalue weighted by Gasteiger charge is 2.54. The van der Waals surface area contributed by atoms with Crippen LogP contribution in [0, 0.1) is 23.2 Å². The average Bonchev–Trinajstić information content (AvgIpc) is 2.73. The molecule has 1 aromatic heterocycles. The summed E-state index contributed by atoms with van der Waals surface area (Å²) < 4.78 is 0.284. The minimum absolute atomic E-state index is 0.0589. The van der Waals surface area contributed by atoms with E-state index >= 15 is 0 Å². The SMILES string of the molecule is CC(c1nccs1)[C@H](C#N)[C@@H](C)[C@]1(C)SC1C. The van der Waals surface area contributed by atoms with Gasteiger partial charge in [-0.2, -0.15) is 5.26 Å². The molecule has 92 valence electrons. The van der Waals surface area contributed by atoms with Gasteiger partial charge in [-0.05, 0) is 12.8 Å². The van der Waals surface area contributed by atoms with Crippen molar-refractivity contribution in [1.29, 1.82) is 5.26 Å². The second kappa shape index (κ2) is 4.62. The largest absolute Gasteiger partial charge is 0.249 e. The first-order valence-electron chi connectivity index (χ1n) is 5.97. The minimum Gasteiger partial charge on any atom is -0.249 e. The van der Waals surface area contributed by atoms with E-state index in [0.29, 0.717) is 11.2 Å². The molecule has 1 aliphatic heterocycles. The van der Waals surface area contributed by atoms with E-state index < -0.39 is 0 Å². The van der Waals surface area contributed by atoms with Crippen molar-refractivity contribution in [2.75, 3.05) is 0 Å². The number of hydrogen-bond acceptors (Lipinski definition) is 4. The summed E-state index contributed by atoms with van der Waals surface area (Å²) in [4.78, 5) is 4.35. The summed E-state index contributed by atoms with van der Waals surface area (Å²) in [5.74, 6) is 0.704. The third-order valence-electron chi connectivity index (χ3n) is 4.15. The van der Waals surface area contributed by atoms with Gasteiger partial charge in [-0.1, -0.05) is 20.8 Å². The zero-order valence-electron chi connectivity index (χ0n) is 10.7. The molecular weight excluding hydrogens is 248 g/mol. The maximum atomic E-state index is 9.46. The van der Waals surface area contributed by atoms with Crippen molar-refractivity contribution in [2.24, 2.45) is 11.8 Å². The summed E-state index contributed by atoms with van der Waals surface area (Å²) in [5.41, 5.74) is 0. The number of thiazole rings is 1. The lowest BCUT2D eigenvalue weighted by Crippen LogP contribution is -2.29. The molecule has 1 fully saturated rings. The van der Waals surface area contributed by atoms with Crippen molar-refractivity contribution in [3.63, 3.8) is 0 Å². The van der Waals surface area contributed by atoms with Crippen LogP contribution >= 0.6 is 23.1 Å². The fourth-order valence-corrected chi connectivity index (χ4v) is 4.46. The Bertz CT molecular complexity index is 423. The predicted molar refractivity (Wildman–Crippen MR) is 74.3 cm³/mol. The van der Waals surface area contributed by atoms with E-state index in [1.807, 2.05) is 23.3 Å². The maximum absolute atomic E-state index is 9.46. The van der Waals surface area contributed by atoms with E-state index in [1.54, 1.807) is 11.3 Å². The summed E-state index contributed by atoms with van der Waals surface area (Å²) >= 11 is 3.65. The highest BCUT2D eigenvalue weighted by Crippen LogP contribution is 2.60. The van der Waals surface area contributed by atoms with Crippen LogP contribution in [-0.2, 0) is 0 Å². The van der Waals surface area contributed by atoms with Crippen LogP contribution in [0.15, 0.2) is 11.6 Å². The lowest BCUT2D eigenvalue weighted by Gasteiger charge is -2.27. The Morgan fingerprint density at radius 3 is 2.59 bits per heavy atom. The van der Waals surface area contributed by atoms with Crippen molar-refractivity contribution in [3.8, 4) is 6.07 Å². The maximum Gasteiger partial charge on any atom is 0.0966 e. The smallest absolute Gasteiger partial charge is 0.0966 e. The minimum atomic E-state index is 0.0589. The molecule has 0 saturated carbocycles. The number of aromatic nitrogens is 1. The second-order valence-corrected chi connectivity index (χ2v) is 7.80. The van der Waals surface area contributed by atoms with E-state index in [9.17, 15) is 5.26 Å². The van der Waals surface area contributed by atoms with Gasteiger partial charge in [0.15, 0.2) is 0 Å². The number of nitrogens with zero attached hydrogens (tertiary/aromatic N) is 2. The van der Waals surface area contributed by atoms with E-state index in [2.05, 4.69) is 38.7 Å². The predicted octanol–water partition coefficient (Wildman–Crippen LogP) is 3.92. The van der Waals surface area contributed by atoms with E-state index in [0.717, 1.165) is 5.01 Å². The lowest BCUT2D eigenvalue weighted by molar-refractivity contribution is 0.335. The van der Waals surface area contributed by atoms with Gasteiger partial charge < -0.3 is 0 Å². The number of hydrogen-bond donors (Lipinski definition) is 0. The molecule has 4 heteroatoms. The normalized spacial score (nSPS) is 32.5. The van der Waals surface area contributed by atoms with Gasteiger partial charge >= 0.3 is 0 Å². The van der Waals surface area contributed by atoms with Crippen LogP contribution in [0.4, 0.5) is 0 Å². The van der Waals surface area contributed by atoms with Crippen molar-refractivity contribution >= 4 is 23.1 Å². The summed E-state index contributed by atoms with van der Waals surface area (Å²) in [5, 5.41) is 13.2. The molecule has 1 aliphatic rings. The average molecular weight is 266 g/mol. The fraction of sp³-hybridized carbons (Fsp3) is 0.692. The fourth-order valence-electron chi connectivity index (χ4n) is 2.45. The monoisotopic (exact) mass is 266 g/mol. The Kier molecular flexibility index (Phi) is 3.51. The van der Waals surface area contributed by atoms with Crippen LogP contribution < -0.4 is 0 Å². The number of rotatable bonds is 4. The van der Waals surface area contributed by atoms with Crippen molar-refractivity contribution in [1.82, 2.24) is 4.98 Å². The molecule has 0 N–H and O–H groups in total. The van der Waals surface area contributed by atoms with Gasteiger partial charge in [0.2, 0.25) is 0 Å². The van der Waals surface area contributed by atoms with Crippen LogP contribution in [0.3, 0.4) is 0 Å². The van der Waals surface area contributed by atoms with Gasteiger partial charge in [-0.25, -0.2) is 4.98 Å². The molecule has 0 bridgehead atoms. The first-order valence-corrected chi connectivity index (χ1v) is 7.73. The molecule has 2 unspecified atom stereocenters. The molecule has 0 aliphatic carbocycles. The summed E-state index contributed by atoms with van der Waals surface area (Å²) in [6.45, 7) is 8.88. The third kappa shape index (κ3) is 2.23. The molecule has 2 rings (SSSR count). The van der Waals surface area contributed by atoms with Gasteiger partial charge in [0.25, 0.3) is 0 Å². The van der Waals surface area contributed by atoms with Crippen molar-refractivity contribution in [3.05, 3.63) is 16.6 Å². The Balaban J connectivity index is 2.15. The molecule has 17 heavy (non-hydrogen) atoms. The molecule has 5 atom stereocenters. The highest BCUT2D eigenvalue weighted by molar-refractivity contribution is 8.08. The topological polar surface area (TPSA) is 36.7 Å². The zero-order valence-corrected chi connectivity index (χ0v) is 12.3. The first-order chi connectivity index (χ1) is 8.00. The first kappa shape index (κ1) is 12.9. The van der Waals surface area contributed by atoms with E-state index in [-0.39, 0.29) is 16.6 Å². The molecule has 2 heterocycles. The molecule has 0 amide bonds.